The average molecular weight is 220 g/mol. The molecule has 0 aliphatic heterocycles. The predicted octanol–water partition coefficient (Wildman–Crippen LogP) is 3.84. The van der Waals surface area contributed by atoms with E-state index in [1.165, 1.54) is 12.8 Å². The molecule has 0 amide bonds. The zero-order chi connectivity index (χ0) is 12.1. The topological polar surface area (TPSA) is 17.1 Å². The molecule has 90 valence electrons. The molecule has 4 atom stereocenters. The number of fused-ring (bicyclic) bond motifs is 1. The standard InChI is InChI=1S/C15H24O/c1-6-10(2)11-7-8-15(5)9-14(3,4)13(16)12(11)15/h6,10-12H,1,7-9H2,2-5H3/t10-,11+,12-,15+/m1/s1. The van der Waals surface area contributed by atoms with Crippen LogP contribution in [-0.4, -0.2) is 5.78 Å². The Morgan fingerprint density at radius 1 is 1.44 bits per heavy atom. The molecule has 16 heavy (non-hydrogen) atoms. The Kier molecular flexibility index (Phi) is 2.56. The first kappa shape index (κ1) is 11.9. The third-order valence-corrected chi connectivity index (χ3v) is 5.07. The van der Waals surface area contributed by atoms with Crippen LogP contribution in [-0.2, 0) is 4.79 Å². The summed E-state index contributed by atoms with van der Waals surface area (Å²) in [5.41, 5.74) is 0.168. The predicted molar refractivity (Wildman–Crippen MR) is 67.1 cm³/mol. The van der Waals surface area contributed by atoms with Crippen LogP contribution in [0.5, 0.6) is 0 Å². The van der Waals surface area contributed by atoms with Gasteiger partial charge in [0.2, 0.25) is 0 Å². The van der Waals surface area contributed by atoms with Crippen LogP contribution in [0.25, 0.3) is 0 Å². The molecule has 0 radical (unpaired) electrons. The van der Waals surface area contributed by atoms with E-state index >= 15 is 0 Å². The van der Waals surface area contributed by atoms with Gasteiger partial charge in [-0.05, 0) is 36.5 Å². The molecule has 0 spiro atoms. The highest BCUT2D eigenvalue weighted by Gasteiger charge is 2.60. The molecule has 0 bridgehead atoms. The molecule has 0 heterocycles. The van der Waals surface area contributed by atoms with E-state index in [0.29, 0.717) is 17.6 Å². The van der Waals surface area contributed by atoms with Gasteiger partial charge in [-0.2, -0.15) is 0 Å². The molecule has 0 aromatic carbocycles. The number of ketones is 1. The lowest BCUT2D eigenvalue weighted by Gasteiger charge is -2.27. The van der Waals surface area contributed by atoms with Crippen LogP contribution in [0.15, 0.2) is 12.7 Å². The molecule has 0 aromatic heterocycles. The van der Waals surface area contributed by atoms with Gasteiger partial charge < -0.3 is 0 Å². The zero-order valence-electron chi connectivity index (χ0n) is 11.0. The summed E-state index contributed by atoms with van der Waals surface area (Å²) < 4.78 is 0. The van der Waals surface area contributed by atoms with Gasteiger partial charge in [0.1, 0.15) is 5.78 Å². The van der Waals surface area contributed by atoms with E-state index in [1.807, 2.05) is 6.08 Å². The Hall–Kier alpha value is -0.590. The molecule has 0 aromatic rings. The first-order chi connectivity index (χ1) is 7.32. The van der Waals surface area contributed by atoms with E-state index in [4.69, 9.17) is 0 Å². The largest absolute Gasteiger partial charge is 0.299 e. The SMILES string of the molecule is C=C[C@@H](C)[C@@H]1CC[C@@]2(C)CC(C)(C)C(=O)[C@@H]12. The van der Waals surface area contributed by atoms with Gasteiger partial charge in [-0.1, -0.05) is 33.8 Å². The summed E-state index contributed by atoms with van der Waals surface area (Å²) >= 11 is 0. The molecule has 2 aliphatic carbocycles. The number of rotatable bonds is 2. The van der Waals surface area contributed by atoms with Crippen molar-refractivity contribution in [3.8, 4) is 0 Å². The van der Waals surface area contributed by atoms with E-state index < -0.39 is 0 Å². The van der Waals surface area contributed by atoms with Crippen LogP contribution in [0.4, 0.5) is 0 Å². The Bertz CT molecular complexity index is 328. The van der Waals surface area contributed by atoms with Gasteiger partial charge in [-0.3, -0.25) is 4.79 Å². The lowest BCUT2D eigenvalue weighted by Crippen LogP contribution is -2.30. The van der Waals surface area contributed by atoms with Gasteiger partial charge in [0.05, 0.1) is 0 Å². The third kappa shape index (κ3) is 1.48. The Morgan fingerprint density at radius 3 is 2.62 bits per heavy atom. The van der Waals surface area contributed by atoms with Crippen molar-refractivity contribution < 1.29 is 4.79 Å². The molecular formula is C15H24O. The smallest absolute Gasteiger partial charge is 0.142 e. The van der Waals surface area contributed by atoms with Crippen molar-refractivity contribution in [2.45, 2.75) is 47.0 Å². The van der Waals surface area contributed by atoms with E-state index in [2.05, 4.69) is 34.3 Å². The second-order valence-corrected chi connectivity index (χ2v) is 6.85. The van der Waals surface area contributed by atoms with E-state index in [-0.39, 0.29) is 16.7 Å². The van der Waals surface area contributed by atoms with Crippen LogP contribution in [0.3, 0.4) is 0 Å². The molecule has 1 heteroatoms. The second kappa shape index (κ2) is 3.45. The number of hydrogen-bond donors (Lipinski definition) is 0. The molecule has 2 rings (SSSR count). The van der Waals surface area contributed by atoms with Gasteiger partial charge in [0, 0.05) is 11.3 Å². The minimum Gasteiger partial charge on any atom is -0.299 e. The first-order valence-corrected chi connectivity index (χ1v) is 6.49. The zero-order valence-corrected chi connectivity index (χ0v) is 11.0. The molecule has 0 saturated heterocycles. The summed E-state index contributed by atoms with van der Waals surface area (Å²) in [6, 6.07) is 0. The van der Waals surface area contributed by atoms with Crippen LogP contribution in [0.2, 0.25) is 0 Å². The first-order valence-electron chi connectivity index (χ1n) is 6.49. The van der Waals surface area contributed by atoms with Crippen molar-refractivity contribution in [2.75, 3.05) is 0 Å². The van der Waals surface area contributed by atoms with Gasteiger partial charge in [-0.15, -0.1) is 6.58 Å². The van der Waals surface area contributed by atoms with Crippen molar-refractivity contribution in [1.82, 2.24) is 0 Å². The molecule has 2 fully saturated rings. The van der Waals surface area contributed by atoms with E-state index in [9.17, 15) is 4.79 Å². The second-order valence-electron chi connectivity index (χ2n) is 6.85. The normalized spacial score (nSPS) is 43.1. The summed E-state index contributed by atoms with van der Waals surface area (Å²) in [5, 5.41) is 0. The number of carbonyl (C=O) groups is 1. The Balaban J connectivity index is 2.33. The Morgan fingerprint density at radius 2 is 2.06 bits per heavy atom. The van der Waals surface area contributed by atoms with Crippen LogP contribution in [0, 0.1) is 28.6 Å². The number of hydrogen-bond acceptors (Lipinski definition) is 1. The summed E-state index contributed by atoms with van der Waals surface area (Å²) in [6.07, 6.45) is 5.52. The highest BCUT2D eigenvalue weighted by molar-refractivity contribution is 5.90. The summed E-state index contributed by atoms with van der Waals surface area (Å²) in [7, 11) is 0. The van der Waals surface area contributed by atoms with Crippen molar-refractivity contribution >= 4 is 5.78 Å². The van der Waals surface area contributed by atoms with Gasteiger partial charge >= 0.3 is 0 Å². The van der Waals surface area contributed by atoms with Gasteiger partial charge in [0.15, 0.2) is 0 Å². The molecule has 2 aliphatic rings. The molecule has 1 nitrogen and oxygen atoms in total. The maximum Gasteiger partial charge on any atom is 0.142 e. The van der Waals surface area contributed by atoms with Gasteiger partial charge in [0.25, 0.3) is 0 Å². The quantitative estimate of drug-likeness (QED) is 0.646. The number of carbonyl (C=O) groups excluding carboxylic acids is 1. The molecule has 0 N–H and O–H groups in total. The maximum absolute atomic E-state index is 12.5. The highest BCUT2D eigenvalue weighted by Crippen LogP contribution is 2.61. The molecular weight excluding hydrogens is 196 g/mol. The van der Waals surface area contributed by atoms with Crippen molar-refractivity contribution in [2.24, 2.45) is 28.6 Å². The average Bonchev–Trinajstić information content (AvgIpc) is 2.59. The summed E-state index contributed by atoms with van der Waals surface area (Å²) in [6.45, 7) is 12.7. The fourth-order valence-corrected chi connectivity index (χ4v) is 4.30. The van der Waals surface area contributed by atoms with Gasteiger partial charge in [-0.25, -0.2) is 0 Å². The van der Waals surface area contributed by atoms with Crippen LogP contribution < -0.4 is 0 Å². The third-order valence-electron chi connectivity index (χ3n) is 5.07. The number of allylic oxidation sites excluding steroid dienone is 1. The monoisotopic (exact) mass is 220 g/mol. The minimum atomic E-state index is -0.0982. The highest BCUT2D eigenvalue weighted by atomic mass is 16.1. The van der Waals surface area contributed by atoms with Crippen molar-refractivity contribution in [3.63, 3.8) is 0 Å². The summed E-state index contributed by atoms with van der Waals surface area (Å²) in [5.74, 6) is 1.81. The van der Waals surface area contributed by atoms with E-state index in [0.717, 1.165) is 6.42 Å². The molecule has 0 unspecified atom stereocenters. The minimum absolute atomic E-state index is 0.0982. The Labute approximate surface area is 99.3 Å². The van der Waals surface area contributed by atoms with Crippen LogP contribution >= 0.6 is 0 Å². The summed E-state index contributed by atoms with van der Waals surface area (Å²) in [4.78, 5) is 12.5. The number of Topliss-reactive ketones (excluding diaryl/α,β-unsaturated/α-hetero) is 1. The molecule has 2 saturated carbocycles. The van der Waals surface area contributed by atoms with Crippen molar-refractivity contribution in [1.29, 1.82) is 0 Å². The lowest BCUT2D eigenvalue weighted by molar-refractivity contribution is -0.129. The fourth-order valence-electron chi connectivity index (χ4n) is 4.30. The lowest BCUT2D eigenvalue weighted by atomic mass is 9.76. The fraction of sp³-hybridized carbons (Fsp3) is 0.800. The van der Waals surface area contributed by atoms with E-state index in [1.54, 1.807) is 0 Å². The van der Waals surface area contributed by atoms with Crippen LogP contribution in [0.1, 0.15) is 47.0 Å². The maximum atomic E-state index is 12.5. The van der Waals surface area contributed by atoms with Crippen molar-refractivity contribution in [3.05, 3.63) is 12.7 Å².